The van der Waals surface area contributed by atoms with E-state index in [2.05, 4.69) is 15.6 Å². The predicted octanol–water partition coefficient (Wildman–Crippen LogP) is 1.67. The monoisotopic (exact) mass is 389 g/mol. The van der Waals surface area contributed by atoms with Crippen molar-refractivity contribution < 1.29 is 23.8 Å². The molecule has 28 heavy (non-hydrogen) atoms. The van der Waals surface area contributed by atoms with Crippen molar-refractivity contribution in [2.75, 3.05) is 19.7 Å². The van der Waals surface area contributed by atoms with E-state index in [1.807, 2.05) is 6.92 Å². The molecule has 2 amide bonds. The number of aromatic nitrogens is 1. The highest BCUT2D eigenvalue weighted by molar-refractivity contribution is 5.98. The van der Waals surface area contributed by atoms with Gasteiger partial charge in [0.05, 0.1) is 12.7 Å². The Balaban J connectivity index is 1.81. The van der Waals surface area contributed by atoms with Crippen LogP contribution < -0.4 is 10.6 Å². The summed E-state index contributed by atoms with van der Waals surface area (Å²) in [5.74, 6) is -1.05. The van der Waals surface area contributed by atoms with Gasteiger partial charge in [-0.25, -0.2) is 4.39 Å². The van der Waals surface area contributed by atoms with Gasteiger partial charge >= 0.3 is 0 Å². The van der Waals surface area contributed by atoms with Crippen LogP contribution in [0.4, 0.5) is 4.39 Å². The zero-order chi connectivity index (χ0) is 20.4. The molecule has 1 atom stereocenters. The number of halogens is 1. The Morgan fingerprint density at radius 1 is 1.18 bits per heavy atom. The van der Waals surface area contributed by atoms with Gasteiger partial charge in [0.1, 0.15) is 11.5 Å². The molecule has 0 aliphatic heterocycles. The zero-order valence-electron chi connectivity index (χ0n) is 15.7. The summed E-state index contributed by atoms with van der Waals surface area (Å²) in [6, 6.07) is 8.95. The van der Waals surface area contributed by atoms with Crippen LogP contribution in [0.1, 0.15) is 39.8 Å². The van der Waals surface area contributed by atoms with E-state index in [0.717, 1.165) is 5.56 Å². The molecule has 1 aromatic heterocycles. The second kappa shape index (κ2) is 11.1. The first kappa shape index (κ1) is 21.5. The third-order valence-corrected chi connectivity index (χ3v) is 3.87. The third kappa shape index (κ3) is 7.05. The molecule has 2 aromatic rings. The van der Waals surface area contributed by atoms with Gasteiger partial charge in [-0.05, 0) is 43.2 Å². The topological polar surface area (TPSA) is 101 Å². The van der Waals surface area contributed by atoms with Crippen molar-refractivity contribution in [1.29, 1.82) is 0 Å². The number of aliphatic hydroxyl groups excluding tert-OH is 1. The molecular formula is C20H24FN3O4. The summed E-state index contributed by atoms with van der Waals surface area (Å²) in [5, 5.41) is 14.1. The van der Waals surface area contributed by atoms with E-state index in [9.17, 15) is 14.0 Å². The smallest absolute Gasteiger partial charge is 0.269 e. The minimum atomic E-state index is -0.404. The summed E-state index contributed by atoms with van der Waals surface area (Å²) in [6.45, 7) is 2.72. The zero-order valence-corrected chi connectivity index (χ0v) is 15.7. The molecule has 1 unspecified atom stereocenters. The van der Waals surface area contributed by atoms with Crippen LogP contribution in [0, 0.1) is 5.82 Å². The van der Waals surface area contributed by atoms with Gasteiger partial charge in [0, 0.05) is 31.5 Å². The van der Waals surface area contributed by atoms with Gasteiger partial charge in [-0.1, -0.05) is 12.1 Å². The van der Waals surface area contributed by atoms with Crippen LogP contribution in [-0.4, -0.2) is 47.7 Å². The second-order valence-electron chi connectivity index (χ2n) is 6.22. The lowest BCUT2D eigenvalue weighted by molar-refractivity contribution is 0.0509. The Bertz CT molecular complexity index is 783. The first-order valence-corrected chi connectivity index (χ1v) is 8.99. The Hall–Kier alpha value is -2.84. The molecule has 7 nitrogen and oxygen atoms in total. The van der Waals surface area contributed by atoms with Gasteiger partial charge in [-0.15, -0.1) is 0 Å². The molecule has 1 heterocycles. The van der Waals surface area contributed by atoms with Gasteiger partial charge in [0.15, 0.2) is 0 Å². The van der Waals surface area contributed by atoms with Crippen LogP contribution in [0.25, 0.3) is 0 Å². The maximum atomic E-state index is 12.9. The maximum Gasteiger partial charge on any atom is 0.269 e. The number of hydrogen-bond donors (Lipinski definition) is 3. The Morgan fingerprint density at radius 2 is 1.93 bits per heavy atom. The van der Waals surface area contributed by atoms with Gasteiger partial charge in [-0.2, -0.15) is 0 Å². The maximum absolute atomic E-state index is 12.9. The van der Waals surface area contributed by atoms with Crippen LogP contribution in [0.3, 0.4) is 0 Å². The van der Waals surface area contributed by atoms with Crippen LogP contribution in [0.5, 0.6) is 0 Å². The van der Waals surface area contributed by atoms with Crippen LogP contribution in [0.15, 0.2) is 42.6 Å². The Morgan fingerprint density at radius 3 is 2.64 bits per heavy atom. The van der Waals surface area contributed by atoms with Crippen LogP contribution in [0.2, 0.25) is 0 Å². The van der Waals surface area contributed by atoms with E-state index >= 15 is 0 Å². The van der Waals surface area contributed by atoms with Crippen LogP contribution in [-0.2, 0) is 11.3 Å². The summed E-state index contributed by atoms with van der Waals surface area (Å²) < 4.78 is 18.5. The van der Waals surface area contributed by atoms with Crippen molar-refractivity contribution in [1.82, 2.24) is 15.6 Å². The molecule has 150 valence electrons. The number of hydrogen-bond acceptors (Lipinski definition) is 5. The Labute approximate surface area is 162 Å². The number of amides is 2. The van der Waals surface area contributed by atoms with Crippen molar-refractivity contribution in [3.8, 4) is 0 Å². The molecule has 0 radical (unpaired) electrons. The lowest BCUT2D eigenvalue weighted by Crippen LogP contribution is -2.32. The number of pyridine rings is 1. The van der Waals surface area contributed by atoms with Crippen molar-refractivity contribution in [3.63, 3.8) is 0 Å². The highest BCUT2D eigenvalue weighted by Crippen LogP contribution is 2.06. The summed E-state index contributed by atoms with van der Waals surface area (Å²) in [7, 11) is 0. The number of aliphatic hydroxyl groups is 1. The minimum absolute atomic E-state index is 0.0163. The average molecular weight is 389 g/mol. The summed E-state index contributed by atoms with van der Waals surface area (Å²) in [4.78, 5) is 28.2. The molecule has 0 aliphatic carbocycles. The molecule has 0 aliphatic rings. The summed E-state index contributed by atoms with van der Waals surface area (Å²) >= 11 is 0. The standard InChI is InChI=1S/C20H24FN3O4/c1-14(28-13-15-3-5-17(21)6-4-15)12-24-19(26)16-7-9-22-18(11-16)20(27)23-8-2-10-25/h3-7,9,11,14,25H,2,8,10,12-13H2,1H3,(H,23,27)(H,24,26). The Kier molecular flexibility index (Phi) is 8.51. The predicted molar refractivity (Wildman–Crippen MR) is 101 cm³/mol. The van der Waals surface area contributed by atoms with Gasteiger partial charge in [0.2, 0.25) is 0 Å². The summed E-state index contributed by atoms with van der Waals surface area (Å²) in [6.07, 6.45) is 1.59. The third-order valence-electron chi connectivity index (χ3n) is 3.87. The number of carbonyl (C=O) groups is 2. The number of carbonyl (C=O) groups excluding carboxylic acids is 2. The number of nitrogens with zero attached hydrogens (tertiary/aromatic N) is 1. The van der Waals surface area contributed by atoms with Crippen molar-refractivity contribution >= 4 is 11.8 Å². The van der Waals surface area contributed by atoms with E-state index < -0.39 is 5.91 Å². The molecule has 0 saturated heterocycles. The van der Waals surface area contributed by atoms with E-state index in [-0.39, 0.29) is 36.7 Å². The first-order chi connectivity index (χ1) is 13.5. The quantitative estimate of drug-likeness (QED) is 0.537. The molecule has 0 saturated carbocycles. The summed E-state index contributed by atoms with van der Waals surface area (Å²) in [5.41, 5.74) is 1.28. The van der Waals surface area contributed by atoms with Crippen molar-refractivity contribution in [2.45, 2.75) is 26.1 Å². The number of rotatable bonds is 10. The lowest BCUT2D eigenvalue weighted by Gasteiger charge is -2.14. The minimum Gasteiger partial charge on any atom is -0.396 e. The highest BCUT2D eigenvalue weighted by Gasteiger charge is 2.12. The fourth-order valence-corrected chi connectivity index (χ4v) is 2.28. The average Bonchev–Trinajstić information content (AvgIpc) is 2.71. The fraction of sp³-hybridized carbons (Fsp3) is 0.350. The van der Waals surface area contributed by atoms with Gasteiger partial charge in [0.25, 0.3) is 11.8 Å². The van der Waals surface area contributed by atoms with Gasteiger partial charge in [-0.3, -0.25) is 14.6 Å². The molecule has 2 rings (SSSR count). The van der Waals surface area contributed by atoms with Crippen LogP contribution >= 0.6 is 0 Å². The second-order valence-corrected chi connectivity index (χ2v) is 6.22. The molecular weight excluding hydrogens is 365 g/mol. The normalized spacial score (nSPS) is 11.7. The SMILES string of the molecule is CC(CNC(=O)c1ccnc(C(=O)NCCCO)c1)OCc1ccc(F)cc1. The number of ether oxygens (including phenoxy) is 1. The fourth-order valence-electron chi connectivity index (χ4n) is 2.28. The highest BCUT2D eigenvalue weighted by atomic mass is 19.1. The van der Waals surface area contributed by atoms with E-state index in [0.29, 0.717) is 25.1 Å². The van der Waals surface area contributed by atoms with E-state index in [1.165, 1.54) is 30.5 Å². The molecule has 0 spiro atoms. The van der Waals surface area contributed by atoms with Crippen molar-refractivity contribution in [2.24, 2.45) is 0 Å². The molecule has 3 N–H and O–H groups in total. The number of nitrogens with one attached hydrogen (secondary N) is 2. The van der Waals surface area contributed by atoms with Gasteiger partial charge < -0.3 is 20.5 Å². The van der Waals surface area contributed by atoms with E-state index in [1.54, 1.807) is 12.1 Å². The molecule has 0 fully saturated rings. The molecule has 0 bridgehead atoms. The van der Waals surface area contributed by atoms with Crippen molar-refractivity contribution in [3.05, 3.63) is 65.2 Å². The number of benzene rings is 1. The molecule has 8 heteroatoms. The first-order valence-electron chi connectivity index (χ1n) is 8.99. The largest absolute Gasteiger partial charge is 0.396 e. The molecule has 1 aromatic carbocycles. The lowest BCUT2D eigenvalue weighted by atomic mass is 10.2. The van der Waals surface area contributed by atoms with E-state index in [4.69, 9.17) is 9.84 Å².